The van der Waals surface area contributed by atoms with Gasteiger partial charge in [-0.15, -0.1) is 0 Å². The second kappa shape index (κ2) is 13.0. The van der Waals surface area contributed by atoms with Crippen LogP contribution in [0.3, 0.4) is 0 Å². The Morgan fingerprint density at radius 1 is 0.972 bits per heavy atom. The summed E-state index contributed by atoms with van der Waals surface area (Å²) in [4.78, 5) is 24.6. The number of allylic oxidation sites excluding steroid dienone is 1. The van der Waals surface area contributed by atoms with Crippen LogP contribution in [0.15, 0.2) is 11.6 Å². The molecule has 7 atom stereocenters. The zero-order valence-corrected chi connectivity index (χ0v) is 23.4. The van der Waals surface area contributed by atoms with Gasteiger partial charge in [-0.2, -0.15) is 0 Å². The number of fused-ring (bicyclic) bond motifs is 5. The van der Waals surface area contributed by atoms with E-state index in [0.29, 0.717) is 30.1 Å². The Morgan fingerprint density at radius 3 is 2.50 bits per heavy atom. The van der Waals surface area contributed by atoms with Crippen LogP contribution in [0.4, 0.5) is 4.79 Å². The van der Waals surface area contributed by atoms with Gasteiger partial charge < -0.3 is 9.47 Å². The fraction of sp³-hybridized carbons (Fsp3) is 0.875. The molecule has 0 spiro atoms. The van der Waals surface area contributed by atoms with Crippen molar-refractivity contribution in [1.29, 1.82) is 0 Å². The minimum absolute atomic E-state index is 0.0103. The number of carbonyl (C=O) groups excluding carboxylic acids is 2. The summed E-state index contributed by atoms with van der Waals surface area (Å²) in [7, 11) is 0. The van der Waals surface area contributed by atoms with Crippen molar-refractivity contribution in [3.63, 3.8) is 0 Å². The van der Waals surface area contributed by atoms with Gasteiger partial charge in [0.2, 0.25) is 0 Å². The minimum Gasteiger partial charge on any atom is -0.434 e. The first kappa shape index (κ1) is 27.7. The van der Waals surface area contributed by atoms with E-state index in [-0.39, 0.29) is 11.5 Å². The Bertz CT molecular complexity index is 772. The zero-order valence-electron chi connectivity index (χ0n) is 23.4. The van der Waals surface area contributed by atoms with Crippen molar-refractivity contribution < 1.29 is 19.1 Å². The number of rotatable bonds is 12. The van der Waals surface area contributed by atoms with Gasteiger partial charge in [-0.25, -0.2) is 4.79 Å². The molecule has 0 bridgehead atoms. The average molecular weight is 501 g/mol. The van der Waals surface area contributed by atoms with Crippen molar-refractivity contribution in [1.82, 2.24) is 0 Å². The van der Waals surface area contributed by atoms with Gasteiger partial charge >= 0.3 is 6.16 Å². The number of hydrogen-bond donors (Lipinski definition) is 0. The highest BCUT2D eigenvalue weighted by atomic mass is 16.7. The van der Waals surface area contributed by atoms with Crippen LogP contribution in [-0.4, -0.2) is 24.6 Å². The summed E-state index contributed by atoms with van der Waals surface area (Å²) in [6.07, 6.45) is 21.8. The van der Waals surface area contributed by atoms with Crippen LogP contribution in [-0.2, 0) is 14.3 Å². The fourth-order valence-electron chi connectivity index (χ4n) is 8.40. The number of unbranched alkanes of at least 4 members (excludes halogenated alkanes) is 7. The summed E-state index contributed by atoms with van der Waals surface area (Å²) in [5.74, 6) is 3.43. The summed E-state index contributed by atoms with van der Waals surface area (Å²) in [5.41, 5.74) is 1.51. The molecule has 0 aromatic heterocycles. The molecule has 3 fully saturated rings. The second-order valence-corrected chi connectivity index (χ2v) is 13.0. The van der Waals surface area contributed by atoms with Crippen LogP contribution in [0.2, 0.25) is 0 Å². The Balaban J connectivity index is 1.17. The highest BCUT2D eigenvalue weighted by molar-refractivity contribution is 5.91. The lowest BCUT2D eigenvalue weighted by Crippen LogP contribution is -2.48. The van der Waals surface area contributed by atoms with Crippen molar-refractivity contribution in [3.8, 4) is 0 Å². The summed E-state index contributed by atoms with van der Waals surface area (Å²) in [6.45, 7) is 7.30. The van der Waals surface area contributed by atoms with E-state index in [9.17, 15) is 9.59 Å². The van der Waals surface area contributed by atoms with Crippen LogP contribution in [0.25, 0.3) is 0 Å². The highest BCUT2D eigenvalue weighted by Gasteiger charge is 2.57. The van der Waals surface area contributed by atoms with Crippen molar-refractivity contribution >= 4 is 11.9 Å². The molecule has 2 unspecified atom stereocenters. The van der Waals surface area contributed by atoms with Crippen molar-refractivity contribution in [3.05, 3.63) is 11.6 Å². The van der Waals surface area contributed by atoms with Gasteiger partial charge in [0.15, 0.2) is 5.78 Å². The van der Waals surface area contributed by atoms with Crippen LogP contribution in [0.5, 0.6) is 0 Å². The molecule has 0 aromatic carbocycles. The maximum atomic E-state index is 12.6. The third-order valence-corrected chi connectivity index (χ3v) is 10.5. The van der Waals surface area contributed by atoms with Crippen LogP contribution in [0, 0.1) is 35.0 Å². The normalized spacial score (nSPS) is 34.2. The molecule has 4 aliphatic carbocycles. The van der Waals surface area contributed by atoms with Crippen LogP contribution < -0.4 is 0 Å². The minimum atomic E-state index is -0.452. The molecular formula is C32H52O4. The molecule has 204 valence electrons. The molecule has 0 radical (unpaired) electrons. The first-order chi connectivity index (χ1) is 17.4. The third kappa shape index (κ3) is 6.57. The number of carbonyl (C=O) groups is 2. The molecule has 4 nitrogen and oxygen atoms in total. The molecule has 0 aliphatic heterocycles. The van der Waals surface area contributed by atoms with Crippen molar-refractivity contribution in [2.24, 2.45) is 35.0 Å². The van der Waals surface area contributed by atoms with E-state index in [0.717, 1.165) is 56.8 Å². The van der Waals surface area contributed by atoms with E-state index < -0.39 is 6.16 Å². The van der Waals surface area contributed by atoms with Gasteiger partial charge in [0.1, 0.15) is 6.10 Å². The van der Waals surface area contributed by atoms with Gasteiger partial charge in [-0.3, -0.25) is 4.79 Å². The Morgan fingerprint density at radius 2 is 1.72 bits per heavy atom. The number of hydrogen-bond acceptors (Lipinski definition) is 4. The summed E-state index contributed by atoms with van der Waals surface area (Å²) >= 11 is 0. The third-order valence-electron chi connectivity index (χ3n) is 10.5. The number of ketones is 1. The summed E-state index contributed by atoms with van der Waals surface area (Å²) in [5, 5.41) is 0. The van der Waals surface area contributed by atoms with E-state index in [1.165, 1.54) is 69.8 Å². The SMILES string of the molecule is CCCCCCCCCCC(C)COC(=O)OC1CC[C@H]2[C@@H]3CCC4=CC(=O)CC[C@@H]4[C@H]3CC[C@]12C. The summed E-state index contributed by atoms with van der Waals surface area (Å²) in [6, 6.07) is 0. The van der Waals surface area contributed by atoms with E-state index in [2.05, 4.69) is 20.8 Å². The smallest absolute Gasteiger partial charge is 0.434 e. The van der Waals surface area contributed by atoms with Gasteiger partial charge in [0.25, 0.3) is 0 Å². The first-order valence-corrected chi connectivity index (χ1v) is 15.5. The lowest BCUT2D eigenvalue weighted by molar-refractivity contribution is -0.116. The topological polar surface area (TPSA) is 52.6 Å². The van der Waals surface area contributed by atoms with Crippen LogP contribution in [0.1, 0.15) is 130 Å². The van der Waals surface area contributed by atoms with Crippen molar-refractivity contribution in [2.45, 2.75) is 136 Å². The highest BCUT2D eigenvalue weighted by Crippen LogP contribution is 2.62. The maximum Gasteiger partial charge on any atom is 0.508 e. The molecule has 0 amide bonds. The molecule has 4 heteroatoms. The van der Waals surface area contributed by atoms with Crippen LogP contribution >= 0.6 is 0 Å². The Hall–Kier alpha value is -1.32. The standard InChI is InChI=1S/C32H52O4/c1-4-5-6-7-8-9-10-11-12-23(2)22-35-31(34)36-30-18-17-29-28-15-13-24-21-25(33)14-16-26(24)27(28)19-20-32(29,30)3/h21,23,26-30H,4-20,22H2,1-3H3/t23?,26-,27+,28+,29-,30?,32-/m0/s1. The van der Waals surface area contributed by atoms with E-state index in [4.69, 9.17) is 9.47 Å². The Labute approximate surface area is 220 Å². The zero-order chi connectivity index (χ0) is 25.5. The lowest BCUT2D eigenvalue weighted by Gasteiger charge is -2.53. The quantitative estimate of drug-likeness (QED) is 0.198. The lowest BCUT2D eigenvalue weighted by atomic mass is 9.52. The van der Waals surface area contributed by atoms with Crippen molar-refractivity contribution in [2.75, 3.05) is 6.61 Å². The Kier molecular flexibility index (Phi) is 9.98. The monoisotopic (exact) mass is 500 g/mol. The summed E-state index contributed by atoms with van der Waals surface area (Å²) < 4.78 is 11.6. The van der Waals surface area contributed by atoms with Gasteiger partial charge in [0.05, 0.1) is 6.61 Å². The molecule has 4 rings (SSSR count). The van der Waals surface area contributed by atoms with E-state index in [1.54, 1.807) is 0 Å². The predicted octanol–water partition coefficient (Wildman–Crippen LogP) is 8.82. The molecular weight excluding hydrogens is 448 g/mol. The molecule has 0 aromatic rings. The molecule has 3 saturated carbocycles. The molecule has 0 N–H and O–H groups in total. The van der Waals surface area contributed by atoms with E-state index in [1.807, 2.05) is 6.08 Å². The maximum absolute atomic E-state index is 12.6. The fourth-order valence-corrected chi connectivity index (χ4v) is 8.40. The molecule has 4 aliphatic rings. The van der Waals surface area contributed by atoms with E-state index >= 15 is 0 Å². The second-order valence-electron chi connectivity index (χ2n) is 13.0. The first-order valence-electron chi connectivity index (χ1n) is 15.5. The van der Waals surface area contributed by atoms with Gasteiger partial charge in [0, 0.05) is 11.8 Å². The molecule has 0 heterocycles. The molecule has 0 saturated heterocycles. The predicted molar refractivity (Wildman–Crippen MR) is 145 cm³/mol. The largest absolute Gasteiger partial charge is 0.508 e. The number of ether oxygens (including phenoxy) is 2. The molecule has 36 heavy (non-hydrogen) atoms. The van der Waals surface area contributed by atoms with Gasteiger partial charge in [-0.05, 0) is 87.0 Å². The van der Waals surface area contributed by atoms with Gasteiger partial charge in [-0.1, -0.05) is 77.7 Å². The average Bonchev–Trinajstić information content (AvgIpc) is 3.20.